The van der Waals surface area contributed by atoms with E-state index in [4.69, 9.17) is 15.2 Å². The fourth-order valence-corrected chi connectivity index (χ4v) is 8.52. The number of sulfonamides is 2. The van der Waals surface area contributed by atoms with Gasteiger partial charge >= 0.3 is 0 Å². The fraction of sp³-hybridized carbons (Fsp3) is 0.455. The molecule has 6 rings (SSSR count). The van der Waals surface area contributed by atoms with Crippen molar-refractivity contribution in [1.82, 2.24) is 14.3 Å². The molecule has 1 aliphatic carbocycles. The van der Waals surface area contributed by atoms with Crippen molar-refractivity contribution in [3.8, 4) is 16.9 Å². The number of hydrogen-bond donors (Lipinski definition) is 4. The number of benzene rings is 3. The minimum absolute atomic E-state index is 0.0114. The van der Waals surface area contributed by atoms with E-state index >= 15 is 0 Å². The molecule has 3 aromatic carbocycles. The molecule has 2 aliphatic heterocycles. The van der Waals surface area contributed by atoms with Gasteiger partial charge in [-0.3, -0.25) is 0 Å². The molecule has 13 heteroatoms. The van der Waals surface area contributed by atoms with Crippen LogP contribution < -0.4 is 20.5 Å². The Bertz CT molecular complexity index is 1750. The smallest absolute Gasteiger partial charge is 0.243 e. The first-order valence-corrected chi connectivity index (χ1v) is 18.6. The lowest BCUT2D eigenvalue weighted by molar-refractivity contribution is -0.0312. The van der Waals surface area contributed by atoms with Crippen LogP contribution in [0.2, 0.25) is 0 Å². The summed E-state index contributed by atoms with van der Waals surface area (Å²) in [6.07, 6.45) is 3.05. The molecule has 3 aliphatic rings. The summed E-state index contributed by atoms with van der Waals surface area (Å²) < 4.78 is 67.0. The third-order valence-electron chi connectivity index (χ3n) is 9.37. The maximum Gasteiger partial charge on any atom is 0.243 e. The summed E-state index contributed by atoms with van der Waals surface area (Å²) >= 11 is 0. The average molecular weight is 671 g/mol. The first kappa shape index (κ1) is 33.0. The maximum absolute atomic E-state index is 13.6. The van der Waals surface area contributed by atoms with Crippen molar-refractivity contribution in [1.29, 1.82) is 0 Å². The molecule has 1 spiro atoms. The Balaban J connectivity index is 0.985. The summed E-state index contributed by atoms with van der Waals surface area (Å²) in [7, 11) is -5.93. The number of hydrogen-bond acceptors (Lipinski definition) is 9. The van der Waals surface area contributed by atoms with Gasteiger partial charge in [0.25, 0.3) is 0 Å². The monoisotopic (exact) mass is 670 g/mol. The number of rotatable bonds is 12. The summed E-state index contributed by atoms with van der Waals surface area (Å²) in [5.74, 6) is 0.347. The maximum atomic E-state index is 13.6. The van der Waals surface area contributed by atoms with Crippen LogP contribution in [0.5, 0.6) is 5.75 Å². The zero-order valence-electron chi connectivity index (χ0n) is 25.9. The Morgan fingerprint density at radius 3 is 2.35 bits per heavy atom. The minimum atomic E-state index is -3.68. The lowest BCUT2D eigenvalue weighted by atomic mass is 9.88. The zero-order valence-corrected chi connectivity index (χ0v) is 27.5. The highest BCUT2D eigenvalue weighted by Gasteiger charge is 2.45. The molecule has 46 heavy (non-hydrogen) atoms. The number of nitrogens with one attached hydrogen (secondary N) is 2. The van der Waals surface area contributed by atoms with Gasteiger partial charge in [-0.15, -0.1) is 0 Å². The van der Waals surface area contributed by atoms with Crippen LogP contribution in [-0.2, 0) is 30.3 Å². The van der Waals surface area contributed by atoms with Crippen LogP contribution in [0.25, 0.3) is 11.1 Å². The SMILES string of the molecule is CNS(=O)(=O)c1cccc(OC[C@@H](O)CNC2COC3(CCN(S(=O)(=O)c4cccc(-c5ccc(C6(N)CC6)cc5)c4)CC3)C2)c1. The van der Waals surface area contributed by atoms with Crippen LogP contribution in [0.4, 0.5) is 0 Å². The van der Waals surface area contributed by atoms with E-state index in [0.29, 0.717) is 44.7 Å². The summed E-state index contributed by atoms with van der Waals surface area (Å²) in [5.41, 5.74) is 8.61. The molecular formula is C33H42N4O7S2. The molecule has 248 valence electrons. The number of aliphatic hydroxyl groups excluding tert-OH is 1. The molecule has 3 fully saturated rings. The molecule has 5 N–H and O–H groups in total. The molecule has 0 radical (unpaired) electrons. The predicted octanol–water partition coefficient (Wildman–Crippen LogP) is 2.55. The van der Waals surface area contributed by atoms with Gasteiger partial charge in [-0.1, -0.05) is 42.5 Å². The first-order valence-electron chi connectivity index (χ1n) is 15.6. The minimum Gasteiger partial charge on any atom is -0.491 e. The van der Waals surface area contributed by atoms with Gasteiger partial charge in [0.2, 0.25) is 20.0 Å². The normalized spacial score (nSPS) is 21.7. The van der Waals surface area contributed by atoms with Crippen LogP contribution in [0.15, 0.2) is 82.6 Å². The standard InChI is InChI=1S/C33H42N4O7S2/c1-35-45(39,40)30-6-3-5-29(19-30)43-23-28(38)21-36-27-20-32(44-22-27)14-16-37(17-15-32)46(41,42)31-7-2-4-25(18-31)24-8-10-26(11-9-24)33(34)12-13-33/h2-11,18-19,27-28,35-36,38H,12-17,20-23,34H2,1H3/t27?,28-/m0/s1. The number of nitrogens with zero attached hydrogens (tertiary/aromatic N) is 1. The van der Waals surface area contributed by atoms with Crippen LogP contribution in [0.3, 0.4) is 0 Å². The van der Waals surface area contributed by atoms with Gasteiger partial charge in [-0.25, -0.2) is 21.6 Å². The predicted molar refractivity (Wildman–Crippen MR) is 174 cm³/mol. The number of piperidine rings is 1. The van der Waals surface area contributed by atoms with Crippen LogP contribution in [-0.4, -0.2) is 83.9 Å². The summed E-state index contributed by atoms with van der Waals surface area (Å²) in [6, 6.07) is 21.3. The van der Waals surface area contributed by atoms with Crippen molar-refractivity contribution in [2.45, 2.75) is 65.2 Å². The highest BCUT2D eigenvalue weighted by Crippen LogP contribution is 2.43. The van der Waals surface area contributed by atoms with Crippen molar-refractivity contribution in [2.75, 3.05) is 39.9 Å². The van der Waals surface area contributed by atoms with Crippen molar-refractivity contribution in [3.63, 3.8) is 0 Å². The Labute approximate surface area is 271 Å². The third-order valence-corrected chi connectivity index (χ3v) is 12.7. The van der Waals surface area contributed by atoms with Crippen molar-refractivity contribution in [3.05, 3.63) is 78.4 Å². The second kappa shape index (κ2) is 13.0. The Morgan fingerprint density at radius 1 is 0.957 bits per heavy atom. The molecule has 0 aromatic heterocycles. The van der Waals surface area contributed by atoms with Gasteiger partial charge < -0.3 is 25.6 Å². The number of nitrogens with two attached hydrogens (primary N) is 1. The van der Waals surface area contributed by atoms with E-state index in [-0.39, 0.29) is 34.5 Å². The number of ether oxygens (including phenoxy) is 2. The van der Waals surface area contributed by atoms with E-state index in [9.17, 15) is 21.9 Å². The Hall–Kier alpha value is -2.88. The quantitative estimate of drug-likeness (QED) is 0.227. The van der Waals surface area contributed by atoms with Gasteiger partial charge in [0.15, 0.2) is 0 Å². The molecule has 2 atom stereocenters. The third kappa shape index (κ3) is 7.16. The van der Waals surface area contributed by atoms with Crippen LogP contribution in [0.1, 0.15) is 37.7 Å². The lowest BCUT2D eigenvalue weighted by Gasteiger charge is -2.38. The number of aliphatic hydroxyl groups is 1. The highest BCUT2D eigenvalue weighted by molar-refractivity contribution is 7.89. The molecule has 1 unspecified atom stereocenters. The van der Waals surface area contributed by atoms with Gasteiger partial charge in [-0.2, -0.15) is 4.31 Å². The highest BCUT2D eigenvalue weighted by atomic mass is 32.2. The molecular weight excluding hydrogens is 629 g/mol. The van der Waals surface area contributed by atoms with E-state index in [2.05, 4.69) is 10.0 Å². The van der Waals surface area contributed by atoms with Gasteiger partial charge in [0, 0.05) is 37.3 Å². The molecule has 0 amide bonds. The van der Waals surface area contributed by atoms with E-state index in [1.54, 1.807) is 34.6 Å². The van der Waals surface area contributed by atoms with Gasteiger partial charge in [0.05, 0.1) is 22.0 Å². The van der Waals surface area contributed by atoms with Crippen molar-refractivity contribution >= 4 is 20.0 Å². The van der Waals surface area contributed by atoms with Crippen LogP contribution in [0, 0.1) is 0 Å². The van der Waals surface area contributed by atoms with E-state index in [1.807, 2.05) is 30.3 Å². The second-order valence-electron chi connectivity index (χ2n) is 12.6. The van der Waals surface area contributed by atoms with E-state index in [1.165, 1.54) is 19.2 Å². The summed E-state index contributed by atoms with van der Waals surface area (Å²) in [4.78, 5) is 0.363. The van der Waals surface area contributed by atoms with Gasteiger partial charge in [0.1, 0.15) is 18.5 Å². The summed E-state index contributed by atoms with van der Waals surface area (Å²) in [6.45, 7) is 1.46. The first-order chi connectivity index (χ1) is 21.9. The van der Waals surface area contributed by atoms with Crippen LogP contribution >= 0.6 is 0 Å². The molecule has 0 bridgehead atoms. The van der Waals surface area contributed by atoms with E-state index in [0.717, 1.165) is 29.5 Å². The molecule has 2 heterocycles. The van der Waals surface area contributed by atoms with Gasteiger partial charge in [-0.05, 0) is 80.1 Å². The topological polar surface area (TPSA) is 160 Å². The average Bonchev–Trinajstić information content (AvgIpc) is 3.71. The molecule has 1 saturated carbocycles. The van der Waals surface area contributed by atoms with Crippen molar-refractivity contribution in [2.24, 2.45) is 5.73 Å². The van der Waals surface area contributed by atoms with Crippen molar-refractivity contribution < 1.29 is 31.4 Å². The molecule has 3 aromatic rings. The molecule has 2 saturated heterocycles. The molecule has 11 nitrogen and oxygen atoms in total. The fourth-order valence-electron chi connectivity index (χ4n) is 6.26. The second-order valence-corrected chi connectivity index (χ2v) is 16.4. The zero-order chi connectivity index (χ0) is 32.6. The van der Waals surface area contributed by atoms with E-state index < -0.39 is 31.8 Å². The lowest BCUT2D eigenvalue weighted by Crippen LogP contribution is -2.47. The Morgan fingerprint density at radius 2 is 1.65 bits per heavy atom. The largest absolute Gasteiger partial charge is 0.491 e. The Kier molecular flexibility index (Phi) is 9.31. The summed E-state index contributed by atoms with van der Waals surface area (Å²) in [5, 5.41) is 13.8.